The van der Waals surface area contributed by atoms with Gasteiger partial charge in [-0.25, -0.2) is 8.42 Å². The van der Waals surface area contributed by atoms with Gasteiger partial charge < -0.3 is 10.1 Å². The van der Waals surface area contributed by atoms with Crippen LogP contribution in [0.3, 0.4) is 0 Å². The van der Waals surface area contributed by atoms with E-state index in [4.69, 9.17) is 4.74 Å². The average molecular weight is 339 g/mol. The predicted molar refractivity (Wildman–Crippen MR) is 90.5 cm³/mol. The van der Waals surface area contributed by atoms with Crippen molar-refractivity contribution >= 4 is 15.7 Å². The maximum atomic E-state index is 12.1. The van der Waals surface area contributed by atoms with E-state index in [1.807, 2.05) is 19.1 Å². The van der Waals surface area contributed by atoms with E-state index in [2.05, 4.69) is 11.4 Å². The Morgan fingerprint density at radius 3 is 2.61 bits per heavy atom. The van der Waals surface area contributed by atoms with E-state index < -0.39 is 9.84 Å². The minimum Gasteiger partial charge on any atom is -0.496 e. The van der Waals surface area contributed by atoms with E-state index >= 15 is 0 Å². The Labute approximate surface area is 138 Å². The molecule has 1 fully saturated rings. The molecule has 23 heavy (non-hydrogen) atoms. The summed E-state index contributed by atoms with van der Waals surface area (Å²) < 4.78 is 27.5. The molecule has 1 aliphatic carbocycles. The van der Waals surface area contributed by atoms with Crippen LogP contribution in [0.15, 0.2) is 18.2 Å². The van der Waals surface area contributed by atoms with E-state index in [-0.39, 0.29) is 24.1 Å². The van der Waals surface area contributed by atoms with Crippen molar-refractivity contribution in [2.24, 2.45) is 5.92 Å². The van der Waals surface area contributed by atoms with Crippen LogP contribution in [-0.4, -0.2) is 40.0 Å². The van der Waals surface area contributed by atoms with Crippen LogP contribution in [0.2, 0.25) is 0 Å². The maximum absolute atomic E-state index is 12.1. The smallest absolute Gasteiger partial charge is 0.220 e. The van der Waals surface area contributed by atoms with Gasteiger partial charge >= 0.3 is 0 Å². The highest BCUT2D eigenvalue weighted by molar-refractivity contribution is 7.90. The zero-order valence-corrected chi connectivity index (χ0v) is 14.8. The molecule has 1 aromatic rings. The summed E-state index contributed by atoms with van der Waals surface area (Å²) in [5.41, 5.74) is 2.22. The molecule has 0 aromatic heterocycles. The van der Waals surface area contributed by atoms with Gasteiger partial charge in [0.25, 0.3) is 0 Å². The van der Waals surface area contributed by atoms with Crippen LogP contribution in [0.1, 0.15) is 36.3 Å². The van der Waals surface area contributed by atoms with Crippen LogP contribution in [0.25, 0.3) is 0 Å². The van der Waals surface area contributed by atoms with Gasteiger partial charge in [0.15, 0.2) is 0 Å². The Balaban J connectivity index is 1.99. The molecule has 1 saturated carbocycles. The van der Waals surface area contributed by atoms with Crippen molar-refractivity contribution in [1.29, 1.82) is 0 Å². The SMILES string of the molecule is COc1ccc(C(CC(=O)NCCS(C)(=O)=O)C2CC2)cc1C. The molecule has 6 heteroatoms. The molecule has 0 heterocycles. The molecular formula is C17H25NO4S. The normalized spacial score (nSPS) is 16.0. The quantitative estimate of drug-likeness (QED) is 0.787. The first-order valence-corrected chi connectivity index (χ1v) is 9.95. The number of nitrogens with one attached hydrogen (secondary N) is 1. The van der Waals surface area contributed by atoms with Crippen LogP contribution in [-0.2, 0) is 14.6 Å². The fraction of sp³-hybridized carbons (Fsp3) is 0.588. The van der Waals surface area contributed by atoms with Crippen molar-refractivity contribution in [3.05, 3.63) is 29.3 Å². The highest BCUT2D eigenvalue weighted by Gasteiger charge is 2.33. The average Bonchev–Trinajstić information content (AvgIpc) is 3.28. The fourth-order valence-electron chi connectivity index (χ4n) is 2.84. The van der Waals surface area contributed by atoms with E-state index in [9.17, 15) is 13.2 Å². The molecule has 5 nitrogen and oxygen atoms in total. The molecule has 1 N–H and O–H groups in total. The number of rotatable bonds is 8. The molecule has 0 spiro atoms. The number of hydrogen-bond acceptors (Lipinski definition) is 4. The summed E-state index contributed by atoms with van der Waals surface area (Å²) in [6.45, 7) is 2.18. The predicted octanol–water partition coefficient (Wildman–Crippen LogP) is 2.05. The van der Waals surface area contributed by atoms with Gasteiger partial charge in [0.05, 0.1) is 12.9 Å². The van der Waals surface area contributed by atoms with Gasteiger partial charge in [0, 0.05) is 19.2 Å². The summed E-state index contributed by atoms with van der Waals surface area (Å²) >= 11 is 0. The lowest BCUT2D eigenvalue weighted by Gasteiger charge is -2.18. The molecule has 128 valence electrons. The molecule has 0 radical (unpaired) electrons. The standard InChI is InChI=1S/C17H25NO4S/c1-12-10-14(6-7-16(12)22-2)15(13-4-5-13)11-17(19)18-8-9-23(3,20)21/h6-7,10,13,15H,4-5,8-9,11H2,1-3H3,(H,18,19). The number of carbonyl (C=O) groups is 1. The summed E-state index contributed by atoms with van der Waals surface area (Å²) in [4.78, 5) is 12.1. The molecular weight excluding hydrogens is 314 g/mol. The maximum Gasteiger partial charge on any atom is 0.220 e. The van der Waals surface area contributed by atoms with Gasteiger partial charge in [-0.1, -0.05) is 12.1 Å². The number of benzene rings is 1. The van der Waals surface area contributed by atoms with Crippen molar-refractivity contribution in [1.82, 2.24) is 5.32 Å². The van der Waals surface area contributed by atoms with Crippen LogP contribution in [0.4, 0.5) is 0 Å². The van der Waals surface area contributed by atoms with Crippen molar-refractivity contribution in [3.63, 3.8) is 0 Å². The number of sulfone groups is 1. The zero-order chi connectivity index (χ0) is 17.0. The molecule has 1 aromatic carbocycles. The lowest BCUT2D eigenvalue weighted by molar-refractivity contribution is -0.121. The van der Waals surface area contributed by atoms with Crippen molar-refractivity contribution in [3.8, 4) is 5.75 Å². The highest BCUT2D eigenvalue weighted by Crippen LogP contribution is 2.45. The molecule has 1 unspecified atom stereocenters. The van der Waals surface area contributed by atoms with Crippen LogP contribution in [0.5, 0.6) is 5.75 Å². The topological polar surface area (TPSA) is 72.5 Å². The molecule has 1 atom stereocenters. The number of ether oxygens (including phenoxy) is 1. The van der Waals surface area contributed by atoms with E-state index in [0.717, 1.165) is 29.7 Å². The third kappa shape index (κ3) is 5.53. The number of aryl methyl sites for hydroxylation is 1. The molecule has 0 aliphatic heterocycles. The van der Waals surface area contributed by atoms with Gasteiger partial charge in [-0.3, -0.25) is 4.79 Å². The first-order valence-electron chi connectivity index (χ1n) is 7.89. The zero-order valence-electron chi connectivity index (χ0n) is 14.0. The van der Waals surface area contributed by atoms with Gasteiger partial charge in [0.2, 0.25) is 5.91 Å². The van der Waals surface area contributed by atoms with Gasteiger partial charge in [-0.15, -0.1) is 0 Å². The number of carbonyl (C=O) groups excluding carboxylic acids is 1. The summed E-state index contributed by atoms with van der Waals surface area (Å²) in [6.07, 6.45) is 3.87. The Kier molecular flexibility index (Phi) is 5.68. The van der Waals surface area contributed by atoms with Crippen molar-refractivity contribution in [2.75, 3.05) is 25.7 Å². The third-order valence-corrected chi connectivity index (χ3v) is 5.18. The minimum absolute atomic E-state index is 0.0194. The Morgan fingerprint density at radius 1 is 1.39 bits per heavy atom. The summed E-state index contributed by atoms with van der Waals surface area (Å²) in [7, 11) is -1.40. The van der Waals surface area contributed by atoms with Gasteiger partial charge in [0.1, 0.15) is 15.6 Å². The van der Waals surface area contributed by atoms with Crippen LogP contribution in [0, 0.1) is 12.8 Å². The Bertz CT molecular complexity index is 665. The lowest BCUT2D eigenvalue weighted by Crippen LogP contribution is -2.30. The van der Waals surface area contributed by atoms with Crippen molar-refractivity contribution in [2.45, 2.75) is 32.1 Å². The first kappa shape index (κ1) is 17.8. The lowest BCUT2D eigenvalue weighted by atomic mass is 9.89. The molecule has 2 rings (SSSR count). The Hall–Kier alpha value is -1.56. The molecule has 1 amide bonds. The van der Waals surface area contributed by atoms with E-state index in [0.29, 0.717) is 12.3 Å². The fourth-order valence-corrected chi connectivity index (χ4v) is 3.31. The monoisotopic (exact) mass is 339 g/mol. The second-order valence-corrected chi connectivity index (χ2v) is 8.62. The third-order valence-electron chi connectivity index (χ3n) is 4.24. The summed E-state index contributed by atoms with van der Waals surface area (Å²) in [6, 6.07) is 6.06. The largest absolute Gasteiger partial charge is 0.496 e. The van der Waals surface area contributed by atoms with E-state index in [1.54, 1.807) is 7.11 Å². The molecule has 0 bridgehead atoms. The van der Waals surface area contributed by atoms with Crippen LogP contribution < -0.4 is 10.1 Å². The summed E-state index contributed by atoms with van der Waals surface area (Å²) in [5, 5.41) is 2.72. The molecule has 0 saturated heterocycles. The number of methoxy groups -OCH3 is 1. The van der Waals surface area contributed by atoms with Gasteiger partial charge in [-0.2, -0.15) is 0 Å². The minimum atomic E-state index is -3.05. The first-order chi connectivity index (χ1) is 10.8. The second-order valence-electron chi connectivity index (χ2n) is 6.36. The van der Waals surface area contributed by atoms with E-state index in [1.165, 1.54) is 6.26 Å². The summed E-state index contributed by atoms with van der Waals surface area (Å²) in [5.74, 6) is 1.48. The van der Waals surface area contributed by atoms with Crippen LogP contribution >= 0.6 is 0 Å². The second kappa shape index (κ2) is 7.34. The van der Waals surface area contributed by atoms with Gasteiger partial charge in [-0.05, 0) is 48.8 Å². The highest BCUT2D eigenvalue weighted by atomic mass is 32.2. The van der Waals surface area contributed by atoms with Crippen molar-refractivity contribution < 1.29 is 17.9 Å². The molecule has 1 aliphatic rings. The Morgan fingerprint density at radius 2 is 2.09 bits per heavy atom. The number of hydrogen-bond donors (Lipinski definition) is 1. The number of amides is 1.